The number of hydrogen-bond donors (Lipinski definition) is 1. The van der Waals surface area contributed by atoms with Crippen molar-refractivity contribution in [2.75, 3.05) is 11.4 Å². The van der Waals surface area contributed by atoms with Gasteiger partial charge < -0.3 is 10.6 Å². The van der Waals surface area contributed by atoms with E-state index in [0.29, 0.717) is 6.54 Å². The molecule has 4 heteroatoms. The molecule has 0 unspecified atom stereocenters. The average molecular weight is 197 g/mol. The SMILES string of the molecule is CCN(c1nc(CN)cs1)C1CC1. The minimum absolute atomic E-state index is 0.554. The number of thiazole rings is 1. The van der Waals surface area contributed by atoms with E-state index >= 15 is 0 Å². The topological polar surface area (TPSA) is 42.2 Å². The summed E-state index contributed by atoms with van der Waals surface area (Å²) in [6.07, 6.45) is 2.65. The molecule has 2 rings (SSSR count). The summed E-state index contributed by atoms with van der Waals surface area (Å²) < 4.78 is 0. The van der Waals surface area contributed by atoms with E-state index in [9.17, 15) is 0 Å². The van der Waals surface area contributed by atoms with Gasteiger partial charge in [-0.15, -0.1) is 11.3 Å². The third-order valence-corrected chi connectivity index (χ3v) is 3.25. The van der Waals surface area contributed by atoms with Crippen LogP contribution in [0.4, 0.5) is 5.13 Å². The monoisotopic (exact) mass is 197 g/mol. The molecule has 0 atom stereocenters. The van der Waals surface area contributed by atoms with Gasteiger partial charge in [-0.05, 0) is 19.8 Å². The Bertz CT molecular complexity index is 280. The van der Waals surface area contributed by atoms with Crippen LogP contribution in [-0.2, 0) is 6.54 Å². The van der Waals surface area contributed by atoms with Crippen LogP contribution in [0.2, 0.25) is 0 Å². The Kier molecular flexibility index (Phi) is 2.51. The van der Waals surface area contributed by atoms with E-state index in [0.717, 1.165) is 23.4 Å². The van der Waals surface area contributed by atoms with E-state index in [1.54, 1.807) is 11.3 Å². The molecule has 0 radical (unpaired) electrons. The Balaban J connectivity index is 2.12. The number of aromatic nitrogens is 1. The predicted molar refractivity (Wildman–Crippen MR) is 56.0 cm³/mol. The summed E-state index contributed by atoms with van der Waals surface area (Å²) in [5.74, 6) is 0. The Morgan fingerprint density at radius 2 is 2.46 bits per heavy atom. The Morgan fingerprint density at radius 1 is 1.69 bits per heavy atom. The van der Waals surface area contributed by atoms with Gasteiger partial charge in [0.2, 0.25) is 0 Å². The lowest BCUT2D eigenvalue weighted by molar-refractivity contribution is 0.815. The zero-order valence-electron chi connectivity index (χ0n) is 7.86. The molecule has 0 saturated heterocycles. The molecule has 1 saturated carbocycles. The molecule has 1 aliphatic carbocycles. The van der Waals surface area contributed by atoms with Crippen molar-refractivity contribution < 1.29 is 0 Å². The van der Waals surface area contributed by atoms with Crippen LogP contribution in [0, 0.1) is 0 Å². The van der Waals surface area contributed by atoms with E-state index in [-0.39, 0.29) is 0 Å². The fourth-order valence-electron chi connectivity index (χ4n) is 1.46. The van der Waals surface area contributed by atoms with Crippen LogP contribution in [0.15, 0.2) is 5.38 Å². The lowest BCUT2D eigenvalue weighted by Crippen LogP contribution is -2.24. The number of nitrogens with zero attached hydrogens (tertiary/aromatic N) is 2. The van der Waals surface area contributed by atoms with Gasteiger partial charge in [0.05, 0.1) is 5.69 Å². The molecule has 1 aromatic rings. The van der Waals surface area contributed by atoms with Gasteiger partial charge in [-0.1, -0.05) is 0 Å². The first-order valence-corrected chi connectivity index (χ1v) is 5.64. The normalized spacial score (nSPS) is 16.2. The predicted octanol–water partition coefficient (Wildman–Crippen LogP) is 1.59. The molecule has 72 valence electrons. The molecule has 0 bridgehead atoms. The fourth-order valence-corrected chi connectivity index (χ4v) is 2.43. The minimum Gasteiger partial charge on any atom is -0.345 e. The van der Waals surface area contributed by atoms with Gasteiger partial charge in [-0.3, -0.25) is 0 Å². The van der Waals surface area contributed by atoms with Crippen molar-refractivity contribution in [2.45, 2.75) is 32.4 Å². The summed E-state index contributed by atoms with van der Waals surface area (Å²) >= 11 is 1.71. The molecular formula is C9H15N3S. The van der Waals surface area contributed by atoms with Gasteiger partial charge in [-0.2, -0.15) is 0 Å². The van der Waals surface area contributed by atoms with E-state index in [1.807, 2.05) is 0 Å². The minimum atomic E-state index is 0.554. The van der Waals surface area contributed by atoms with Gasteiger partial charge in [0, 0.05) is 24.5 Å². The Hall–Kier alpha value is -0.610. The molecule has 0 aromatic carbocycles. The molecular weight excluding hydrogens is 182 g/mol. The molecule has 13 heavy (non-hydrogen) atoms. The van der Waals surface area contributed by atoms with Crippen LogP contribution in [0.3, 0.4) is 0 Å². The van der Waals surface area contributed by atoms with Gasteiger partial charge in [0.15, 0.2) is 5.13 Å². The molecule has 1 aromatic heterocycles. The summed E-state index contributed by atoms with van der Waals surface area (Å²) in [4.78, 5) is 6.86. The molecule has 1 heterocycles. The average Bonchev–Trinajstić information content (AvgIpc) is 2.85. The van der Waals surface area contributed by atoms with E-state index in [2.05, 4.69) is 22.2 Å². The van der Waals surface area contributed by atoms with Gasteiger partial charge in [0.1, 0.15) is 0 Å². The largest absolute Gasteiger partial charge is 0.345 e. The van der Waals surface area contributed by atoms with Gasteiger partial charge >= 0.3 is 0 Å². The van der Waals surface area contributed by atoms with Crippen LogP contribution >= 0.6 is 11.3 Å². The number of hydrogen-bond acceptors (Lipinski definition) is 4. The van der Waals surface area contributed by atoms with Gasteiger partial charge in [-0.25, -0.2) is 4.98 Å². The first-order chi connectivity index (χ1) is 6.35. The maximum Gasteiger partial charge on any atom is 0.185 e. The van der Waals surface area contributed by atoms with Crippen LogP contribution in [-0.4, -0.2) is 17.6 Å². The van der Waals surface area contributed by atoms with Crippen molar-refractivity contribution in [3.8, 4) is 0 Å². The molecule has 0 amide bonds. The second-order valence-corrected chi connectivity index (χ2v) is 4.18. The maximum atomic E-state index is 5.52. The highest BCUT2D eigenvalue weighted by atomic mass is 32.1. The molecule has 0 aliphatic heterocycles. The van der Waals surface area contributed by atoms with Crippen LogP contribution in [0.1, 0.15) is 25.5 Å². The lowest BCUT2D eigenvalue weighted by Gasteiger charge is -2.18. The van der Waals surface area contributed by atoms with Gasteiger partial charge in [0.25, 0.3) is 0 Å². The van der Waals surface area contributed by atoms with Crippen molar-refractivity contribution in [2.24, 2.45) is 5.73 Å². The van der Waals surface area contributed by atoms with Crippen molar-refractivity contribution in [1.82, 2.24) is 4.98 Å². The number of anilines is 1. The summed E-state index contributed by atoms with van der Waals surface area (Å²) in [6.45, 7) is 3.79. The number of rotatable bonds is 4. The first kappa shape index (κ1) is 8.97. The van der Waals surface area contributed by atoms with Crippen molar-refractivity contribution in [3.05, 3.63) is 11.1 Å². The zero-order valence-corrected chi connectivity index (χ0v) is 8.68. The molecule has 0 spiro atoms. The highest BCUT2D eigenvalue weighted by Gasteiger charge is 2.29. The highest BCUT2D eigenvalue weighted by Crippen LogP contribution is 2.32. The van der Waals surface area contributed by atoms with E-state index in [1.165, 1.54) is 12.8 Å². The van der Waals surface area contributed by atoms with E-state index in [4.69, 9.17) is 5.73 Å². The molecule has 2 N–H and O–H groups in total. The second kappa shape index (κ2) is 3.64. The second-order valence-electron chi connectivity index (χ2n) is 3.34. The highest BCUT2D eigenvalue weighted by molar-refractivity contribution is 7.13. The summed E-state index contributed by atoms with van der Waals surface area (Å²) in [6, 6.07) is 0.752. The molecule has 3 nitrogen and oxygen atoms in total. The van der Waals surface area contributed by atoms with Crippen molar-refractivity contribution in [3.63, 3.8) is 0 Å². The zero-order chi connectivity index (χ0) is 9.26. The summed E-state index contributed by atoms with van der Waals surface area (Å²) in [5.41, 5.74) is 6.54. The lowest BCUT2D eigenvalue weighted by atomic mass is 10.5. The van der Waals surface area contributed by atoms with Crippen molar-refractivity contribution >= 4 is 16.5 Å². The first-order valence-electron chi connectivity index (χ1n) is 4.76. The third kappa shape index (κ3) is 1.84. The fraction of sp³-hybridized carbons (Fsp3) is 0.667. The van der Waals surface area contributed by atoms with Crippen LogP contribution < -0.4 is 10.6 Å². The molecule has 1 fully saturated rings. The summed E-state index contributed by atoms with van der Waals surface area (Å²) in [7, 11) is 0. The molecule has 1 aliphatic rings. The van der Waals surface area contributed by atoms with E-state index < -0.39 is 0 Å². The maximum absolute atomic E-state index is 5.52. The Morgan fingerprint density at radius 3 is 2.92 bits per heavy atom. The number of nitrogens with two attached hydrogens (primary N) is 1. The van der Waals surface area contributed by atoms with Crippen LogP contribution in [0.5, 0.6) is 0 Å². The third-order valence-electron chi connectivity index (χ3n) is 2.32. The quantitative estimate of drug-likeness (QED) is 0.797. The van der Waals surface area contributed by atoms with Crippen LogP contribution in [0.25, 0.3) is 0 Å². The standard InChI is InChI=1S/C9H15N3S/c1-2-12(8-3-4-8)9-11-7(5-10)6-13-9/h6,8H,2-5,10H2,1H3. The summed E-state index contributed by atoms with van der Waals surface area (Å²) in [5, 5.41) is 3.20. The smallest absolute Gasteiger partial charge is 0.185 e. The van der Waals surface area contributed by atoms with Crippen molar-refractivity contribution in [1.29, 1.82) is 0 Å². The Labute approximate surface area is 82.6 Å².